The lowest BCUT2D eigenvalue weighted by Gasteiger charge is -2.35. The largest absolute Gasteiger partial charge is 0.504 e. The Hall–Kier alpha value is -1.26. The van der Waals surface area contributed by atoms with Gasteiger partial charge in [-0.15, -0.1) is 0 Å². The Morgan fingerprint density at radius 3 is 2.40 bits per heavy atom. The van der Waals surface area contributed by atoms with E-state index in [1.807, 2.05) is 12.1 Å². The van der Waals surface area contributed by atoms with E-state index < -0.39 is 0 Å². The van der Waals surface area contributed by atoms with E-state index in [9.17, 15) is 5.11 Å². The molecule has 112 valence electrons. The van der Waals surface area contributed by atoms with Crippen LogP contribution in [0.25, 0.3) is 0 Å². The van der Waals surface area contributed by atoms with E-state index in [-0.39, 0.29) is 5.75 Å². The fourth-order valence-electron chi connectivity index (χ4n) is 2.75. The van der Waals surface area contributed by atoms with E-state index in [4.69, 9.17) is 4.74 Å². The minimum absolute atomic E-state index is 0.277. The van der Waals surface area contributed by atoms with Gasteiger partial charge >= 0.3 is 0 Å². The predicted octanol–water partition coefficient (Wildman–Crippen LogP) is 2.17. The molecule has 0 bridgehead atoms. The van der Waals surface area contributed by atoms with Crippen molar-refractivity contribution in [3.05, 3.63) is 23.8 Å². The van der Waals surface area contributed by atoms with Gasteiger partial charge in [0.15, 0.2) is 11.5 Å². The van der Waals surface area contributed by atoms with Crippen molar-refractivity contribution in [1.82, 2.24) is 9.80 Å². The van der Waals surface area contributed by atoms with Crippen LogP contribution in [-0.4, -0.2) is 54.7 Å². The third-order valence-corrected chi connectivity index (χ3v) is 3.78. The molecule has 2 rings (SSSR count). The second-order valence-electron chi connectivity index (χ2n) is 5.94. The number of rotatable bonds is 5. The Bertz CT molecular complexity index is 426. The first-order valence-corrected chi connectivity index (χ1v) is 7.39. The molecule has 1 saturated heterocycles. The molecule has 0 amide bonds. The van der Waals surface area contributed by atoms with Crippen molar-refractivity contribution < 1.29 is 9.84 Å². The van der Waals surface area contributed by atoms with E-state index in [2.05, 4.69) is 23.6 Å². The number of nitrogens with zero attached hydrogens (tertiary/aromatic N) is 2. The molecule has 4 heteroatoms. The Kier molecular flexibility index (Phi) is 5.26. The van der Waals surface area contributed by atoms with Gasteiger partial charge in [-0.3, -0.25) is 4.90 Å². The second kappa shape index (κ2) is 6.95. The van der Waals surface area contributed by atoms with Crippen LogP contribution < -0.4 is 4.74 Å². The first-order valence-electron chi connectivity index (χ1n) is 7.39. The molecule has 1 N–H and O–H groups in total. The highest BCUT2D eigenvalue weighted by Crippen LogP contribution is 2.30. The SMILES string of the molecule is COc1cccc(CN2CCN(CC(C)C)CC2)c1O. The van der Waals surface area contributed by atoms with Crippen molar-refractivity contribution in [3.8, 4) is 11.5 Å². The van der Waals surface area contributed by atoms with Crippen LogP contribution in [0.15, 0.2) is 18.2 Å². The molecule has 0 unspecified atom stereocenters. The minimum Gasteiger partial charge on any atom is -0.504 e. The first kappa shape index (κ1) is 15.1. The van der Waals surface area contributed by atoms with Crippen LogP contribution in [0, 0.1) is 5.92 Å². The first-order chi connectivity index (χ1) is 9.60. The highest BCUT2D eigenvalue weighted by atomic mass is 16.5. The van der Waals surface area contributed by atoms with Crippen molar-refractivity contribution in [1.29, 1.82) is 0 Å². The number of benzene rings is 1. The Morgan fingerprint density at radius 1 is 1.15 bits per heavy atom. The quantitative estimate of drug-likeness (QED) is 0.895. The Morgan fingerprint density at radius 2 is 1.80 bits per heavy atom. The monoisotopic (exact) mass is 278 g/mol. The molecule has 0 saturated carbocycles. The molecule has 0 spiro atoms. The lowest BCUT2D eigenvalue weighted by Crippen LogP contribution is -2.46. The second-order valence-corrected chi connectivity index (χ2v) is 5.94. The van der Waals surface area contributed by atoms with Gasteiger partial charge in [-0.1, -0.05) is 26.0 Å². The van der Waals surface area contributed by atoms with Gasteiger partial charge in [-0.2, -0.15) is 0 Å². The maximum Gasteiger partial charge on any atom is 0.162 e. The number of hydrogen-bond donors (Lipinski definition) is 1. The van der Waals surface area contributed by atoms with Crippen molar-refractivity contribution in [2.75, 3.05) is 39.8 Å². The molecule has 1 fully saturated rings. The smallest absolute Gasteiger partial charge is 0.162 e. The zero-order chi connectivity index (χ0) is 14.5. The zero-order valence-electron chi connectivity index (χ0n) is 12.8. The van der Waals surface area contributed by atoms with Gasteiger partial charge < -0.3 is 14.7 Å². The van der Waals surface area contributed by atoms with Crippen LogP contribution in [0.2, 0.25) is 0 Å². The van der Waals surface area contributed by atoms with E-state index >= 15 is 0 Å². The lowest BCUT2D eigenvalue weighted by molar-refractivity contribution is 0.116. The molecule has 1 aliphatic rings. The van der Waals surface area contributed by atoms with Crippen LogP contribution in [-0.2, 0) is 6.54 Å². The highest BCUT2D eigenvalue weighted by Gasteiger charge is 2.19. The van der Waals surface area contributed by atoms with E-state index in [0.717, 1.165) is 44.2 Å². The summed E-state index contributed by atoms with van der Waals surface area (Å²) in [7, 11) is 1.59. The summed E-state index contributed by atoms with van der Waals surface area (Å²) in [4.78, 5) is 4.91. The van der Waals surface area contributed by atoms with Crippen molar-refractivity contribution >= 4 is 0 Å². The van der Waals surface area contributed by atoms with Crippen LogP contribution in [0.4, 0.5) is 0 Å². The Balaban J connectivity index is 1.90. The maximum absolute atomic E-state index is 10.1. The normalized spacial score (nSPS) is 17.6. The molecule has 1 aromatic rings. The third-order valence-electron chi connectivity index (χ3n) is 3.78. The third kappa shape index (κ3) is 3.87. The van der Waals surface area contributed by atoms with Gasteiger partial charge in [-0.25, -0.2) is 0 Å². The fourth-order valence-corrected chi connectivity index (χ4v) is 2.75. The summed E-state index contributed by atoms with van der Waals surface area (Å²) in [6, 6.07) is 5.70. The van der Waals surface area contributed by atoms with Crippen LogP contribution in [0.3, 0.4) is 0 Å². The molecule has 0 aromatic heterocycles. The molecule has 1 heterocycles. The molecule has 0 aliphatic carbocycles. The summed E-state index contributed by atoms with van der Waals surface area (Å²) in [6.45, 7) is 10.8. The van der Waals surface area contributed by atoms with Gasteiger partial charge in [0, 0.05) is 44.8 Å². The number of ether oxygens (including phenoxy) is 1. The number of phenolic OH excluding ortho intramolecular Hbond substituents is 1. The standard InChI is InChI=1S/C16H26N2O2/c1-13(2)11-17-7-9-18(10-8-17)12-14-5-4-6-15(20-3)16(14)19/h4-6,13,19H,7-12H2,1-3H3. The summed E-state index contributed by atoms with van der Waals surface area (Å²) >= 11 is 0. The highest BCUT2D eigenvalue weighted by molar-refractivity contribution is 5.45. The van der Waals surface area contributed by atoms with Gasteiger partial charge in [0.2, 0.25) is 0 Å². The maximum atomic E-state index is 10.1. The summed E-state index contributed by atoms with van der Waals surface area (Å²) in [5, 5.41) is 10.1. The number of methoxy groups -OCH3 is 1. The molecular weight excluding hydrogens is 252 g/mol. The summed E-state index contributed by atoms with van der Waals surface area (Å²) in [5.41, 5.74) is 0.946. The van der Waals surface area contributed by atoms with Crippen molar-refractivity contribution in [3.63, 3.8) is 0 Å². The molecule has 20 heavy (non-hydrogen) atoms. The fraction of sp³-hybridized carbons (Fsp3) is 0.625. The summed E-state index contributed by atoms with van der Waals surface area (Å²) < 4.78 is 5.16. The van der Waals surface area contributed by atoms with E-state index in [1.165, 1.54) is 6.54 Å². The zero-order valence-corrected chi connectivity index (χ0v) is 12.8. The molecule has 1 aromatic carbocycles. The molecule has 4 nitrogen and oxygen atoms in total. The van der Waals surface area contributed by atoms with Crippen molar-refractivity contribution in [2.45, 2.75) is 20.4 Å². The average molecular weight is 278 g/mol. The topological polar surface area (TPSA) is 35.9 Å². The predicted molar refractivity (Wildman–Crippen MR) is 81.2 cm³/mol. The number of hydrogen-bond acceptors (Lipinski definition) is 4. The summed E-state index contributed by atoms with van der Waals surface area (Å²) in [6.07, 6.45) is 0. The van der Waals surface area contributed by atoms with Crippen LogP contribution >= 0.6 is 0 Å². The number of phenols is 1. The lowest BCUT2D eigenvalue weighted by atomic mass is 10.1. The molecule has 0 atom stereocenters. The van der Waals surface area contributed by atoms with E-state index in [1.54, 1.807) is 13.2 Å². The van der Waals surface area contributed by atoms with Gasteiger partial charge in [-0.05, 0) is 12.0 Å². The van der Waals surface area contributed by atoms with Gasteiger partial charge in [0.25, 0.3) is 0 Å². The van der Waals surface area contributed by atoms with E-state index in [0.29, 0.717) is 5.75 Å². The Labute approximate surface area is 122 Å². The van der Waals surface area contributed by atoms with Crippen LogP contribution in [0.5, 0.6) is 11.5 Å². The molecule has 1 aliphatic heterocycles. The summed E-state index contributed by atoms with van der Waals surface area (Å²) in [5.74, 6) is 1.56. The number of aromatic hydroxyl groups is 1. The van der Waals surface area contributed by atoms with Crippen LogP contribution in [0.1, 0.15) is 19.4 Å². The molecular formula is C16H26N2O2. The molecule has 0 radical (unpaired) electrons. The number of para-hydroxylation sites is 1. The van der Waals surface area contributed by atoms with Crippen molar-refractivity contribution in [2.24, 2.45) is 5.92 Å². The average Bonchev–Trinajstić information content (AvgIpc) is 2.43. The number of piperazine rings is 1. The van der Waals surface area contributed by atoms with Gasteiger partial charge in [0.05, 0.1) is 7.11 Å². The van der Waals surface area contributed by atoms with Gasteiger partial charge in [0.1, 0.15) is 0 Å². The minimum atomic E-state index is 0.277.